The second-order valence-corrected chi connectivity index (χ2v) is 32.5. The molecule has 0 heterocycles. The lowest BCUT2D eigenvalue weighted by Crippen LogP contribution is -2.25. The van der Waals surface area contributed by atoms with Gasteiger partial charge in [0.05, 0.1) is 14.3 Å². The molecular formula is C44H34NP2S7+. The van der Waals surface area contributed by atoms with Crippen molar-refractivity contribution in [2.75, 3.05) is 5.75 Å². The largest absolute Gasteiger partial charge is 0.361 e. The highest BCUT2D eigenvalue weighted by Gasteiger charge is 2.29. The van der Waals surface area contributed by atoms with E-state index in [-0.39, 0.29) is 5.37 Å². The van der Waals surface area contributed by atoms with E-state index in [2.05, 4.69) is 175 Å². The second-order valence-electron chi connectivity index (χ2n) is 12.6. The molecule has 0 spiro atoms. The molecule has 0 aromatic heterocycles. The lowest BCUT2D eigenvalue weighted by Gasteiger charge is -2.24. The summed E-state index contributed by atoms with van der Waals surface area (Å²) in [4.78, 5) is 3.28. The molecule has 8 aromatic rings. The Labute approximate surface area is 349 Å². The third-order valence-electron chi connectivity index (χ3n) is 9.13. The zero-order valence-electron chi connectivity index (χ0n) is 28.9. The summed E-state index contributed by atoms with van der Waals surface area (Å²) < 4.78 is -2.25. The Morgan fingerprint density at radius 3 is 1.72 bits per heavy atom. The van der Waals surface area contributed by atoms with Gasteiger partial charge in [0.15, 0.2) is 11.8 Å². The quantitative estimate of drug-likeness (QED) is 0.0690. The SMILES string of the molecule is S=C(CCSP(=S)(Sc1cccc2ccccc12)c1cccc2ccccc12)NC(S[P+](=S)Sc1cccc2ccccc12)c1cccc2ccccc12. The summed E-state index contributed by atoms with van der Waals surface area (Å²) in [6.07, 6.45) is 0.715. The van der Waals surface area contributed by atoms with E-state index < -0.39 is 9.54 Å². The Balaban J connectivity index is 1.05. The van der Waals surface area contributed by atoms with Crippen LogP contribution >= 0.6 is 67.3 Å². The van der Waals surface area contributed by atoms with Gasteiger partial charge in [-0.1, -0.05) is 193 Å². The van der Waals surface area contributed by atoms with Crippen LogP contribution in [0.4, 0.5) is 0 Å². The molecule has 10 heteroatoms. The highest BCUT2D eigenvalue weighted by molar-refractivity contribution is 9.02. The number of hydrogen-bond acceptors (Lipinski definition) is 7. The summed E-state index contributed by atoms with van der Waals surface area (Å²) in [6.45, 7) is 0. The van der Waals surface area contributed by atoms with Crippen LogP contribution in [0.2, 0.25) is 0 Å². The number of fused-ring (bicyclic) bond motifs is 4. The van der Waals surface area contributed by atoms with Crippen LogP contribution in [-0.4, -0.2) is 10.7 Å². The molecule has 0 radical (unpaired) electrons. The van der Waals surface area contributed by atoms with Crippen molar-refractivity contribution in [1.29, 1.82) is 0 Å². The molecule has 0 aliphatic rings. The van der Waals surface area contributed by atoms with E-state index >= 15 is 0 Å². The fourth-order valence-electron chi connectivity index (χ4n) is 6.58. The number of nitrogens with one attached hydrogen (secondary N) is 1. The van der Waals surface area contributed by atoms with Crippen molar-refractivity contribution in [2.45, 2.75) is 21.6 Å². The zero-order chi connectivity index (χ0) is 36.9. The average Bonchev–Trinajstić information content (AvgIpc) is 3.20. The molecule has 1 N–H and O–H groups in total. The molecule has 8 rings (SSSR count). The first kappa shape index (κ1) is 38.1. The molecule has 0 bridgehead atoms. The number of rotatable bonds is 13. The third-order valence-corrected chi connectivity index (χ3v) is 26.4. The van der Waals surface area contributed by atoms with Gasteiger partial charge in [-0.3, -0.25) is 0 Å². The van der Waals surface area contributed by atoms with E-state index in [1.807, 2.05) is 22.8 Å². The third kappa shape index (κ3) is 8.64. The van der Waals surface area contributed by atoms with E-state index in [4.69, 9.17) is 35.8 Å². The van der Waals surface area contributed by atoms with Crippen LogP contribution < -0.4 is 10.6 Å². The lowest BCUT2D eigenvalue weighted by molar-refractivity contribution is 0.895. The molecule has 3 atom stereocenters. The molecule has 8 aromatic carbocycles. The van der Waals surface area contributed by atoms with Gasteiger partial charge >= 0.3 is 5.10 Å². The van der Waals surface area contributed by atoms with Gasteiger partial charge in [-0.25, -0.2) is 0 Å². The van der Waals surface area contributed by atoms with Crippen molar-refractivity contribution in [3.05, 3.63) is 175 Å². The van der Waals surface area contributed by atoms with Crippen molar-refractivity contribution in [3.63, 3.8) is 0 Å². The predicted molar refractivity (Wildman–Crippen MR) is 259 cm³/mol. The smallest absolute Gasteiger partial charge is 0.324 e. The maximum absolute atomic E-state index is 6.82. The first-order valence-electron chi connectivity index (χ1n) is 17.4. The second kappa shape index (κ2) is 17.6. The van der Waals surface area contributed by atoms with Crippen molar-refractivity contribution in [3.8, 4) is 0 Å². The minimum absolute atomic E-state index is 0.0918. The molecule has 0 saturated carbocycles. The van der Waals surface area contributed by atoms with Crippen molar-refractivity contribution in [2.24, 2.45) is 0 Å². The molecule has 0 amide bonds. The summed E-state index contributed by atoms with van der Waals surface area (Å²) in [5, 5.41) is 13.9. The topological polar surface area (TPSA) is 12.0 Å². The van der Waals surface area contributed by atoms with E-state index in [0.29, 0.717) is 6.42 Å². The highest BCUT2D eigenvalue weighted by Crippen LogP contribution is 2.72. The Morgan fingerprint density at radius 2 is 1.06 bits per heavy atom. The molecule has 1 nitrogen and oxygen atoms in total. The van der Waals surface area contributed by atoms with Gasteiger partial charge in [-0.2, -0.15) is 0 Å². The number of hydrogen-bond donors (Lipinski definition) is 1. The molecule has 0 aliphatic heterocycles. The van der Waals surface area contributed by atoms with Gasteiger partial charge in [0.2, 0.25) is 0 Å². The minimum atomic E-state index is -2.25. The van der Waals surface area contributed by atoms with Crippen molar-refractivity contribution in [1.82, 2.24) is 5.32 Å². The van der Waals surface area contributed by atoms with Crippen LogP contribution in [0.25, 0.3) is 43.1 Å². The van der Waals surface area contributed by atoms with E-state index in [1.54, 1.807) is 22.8 Å². The molecule has 3 unspecified atom stereocenters. The minimum Gasteiger partial charge on any atom is -0.361 e. The molecule has 0 saturated heterocycles. The van der Waals surface area contributed by atoms with Crippen LogP contribution in [0, 0.1) is 0 Å². The fraction of sp³-hybridized carbons (Fsp3) is 0.0682. The average molecular weight is 863 g/mol. The molecule has 0 aliphatic carbocycles. The van der Waals surface area contributed by atoms with Crippen LogP contribution in [0.15, 0.2) is 180 Å². The van der Waals surface area contributed by atoms with Gasteiger partial charge < -0.3 is 5.32 Å². The maximum atomic E-state index is 6.82. The zero-order valence-corrected chi connectivity index (χ0v) is 36.4. The normalized spacial score (nSPS) is 13.5. The molecule has 54 heavy (non-hydrogen) atoms. The van der Waals surface area contributed by atoms with Crippen LogP contribution in [0.5, 0.6) is 0 Å². The first-order chi connectivity index (χ1) is 26.4. The van der Waals surface area contributed by atoms with E-state index in [0.717, 1.165) is 10.7 Å². The van der Waals surface area contributed by atoms with Crippen LogP contribution in [-0.2, 0) is 23.6 Å². The van der Waals surface area contributed by atoms with E-state index in [9.17, 15) is 0 Å². The van der Waals surface area contributed by atoms with Crippen LogP contribution in [0.1, 0.15) is 17.4 Å². The Morgan fingerprint density at radius 1 is 0.574 bits per heavy atom. The van der Waals surface area contributed by atoms with Gasteiger partial charge in [-0.05, 0) is 60.8 Å². The lowest BCUT2D eigenvalue weighted by atomic mass is 10.0. The van der Waals surface area contributed by atoms with Gasteiger partial charge in [0, 0.05) is 22.4 Å². The molecule has 266 valence electrons. The summed E-state index contributed by atoms with van der Waals surface area (Å²) in [6, 6.07) is 60.5. The van der Waals surface area contributed by atoms with E-state index in [1.165, 1.54) is 63.7 Å². The molecular weight excluding hydrogens is 829 g/mol. The summed E-state index contributed by atoms with van der Waals surface area (Å²) in [7, 11) is 0. The predicted octanol–water partition coefficient (Wildman–Crippen LogP) is 15.1. The maximum Gasteiger partial charge on any atom is 0.324 e. The fourth-order valence-corrected chi connectivity index (χ4v) is 23.9. The Kier molecular flexibility index (Phi) is 12.4. The van der Waals surface area contributed by atoms with Gasteiger partial charge in [0.25, 0.3) is 0 Å². The highest BCUT2D eigenvalue weighted by atomic mass is 33.2. The molecule has 0 fully saturated rings. The van der Waals surface area contributed by atoms with Crippen LogP contribution in [0.3, 0.4) is 0 Å². The van der Waals surface area contributed by atoms with Crippen molar-refractivity contribution >= 4 is 144 Å². The summed E-state index contributed by atoms with van der Waals surface area (Å²) >= 11 is 26.6. The Hall–Kier alpha value is -2.74. The number of benzene rings is 8. The monoisotopic (exact) mass is 862 g/mol. The summed E-state index contributed by atoms with van der Waals surface area (Å²) in [5.41, 5.74) is 1.20. The van der Waals surface area contributed by atoms with Crippen molar-refractivity contribution < 1.29 is 0 Å². The Bertz CT molecular complexity index is 2700. The first-order valence-corrected chi connectivity index (χ1v) is 28.9. The summed E-state index contributed by atoms with van der Waals surface area (Å²) in [5.74, 6) is 0.810. The number of thiocarbonyl (C=S) groups is 1. The standard InChI is InChI=1S/C44H33NP2S7/c48-43(29-30-51-47(50,40-26-10-18-32-14-2-6-22-36(32)40)54-42-28-12-20-34-16-4-8-24-38(34)42)45-44(39-25-9-17-31-13-1-5-21-35(31)39)53-46(49)52-41-27-11-19-33-15-3-7-23-37(33)41/h1-28,44H,29-30H2/p+1. The van der Waals surface area contributed by atoms with Gasteiger partial charge in [0.1, 0.15) is 28.1 Å². The van der Waals surface area contributed by atoms with Gasteiger partial charge in [-0.15, -0.1) is 11.4 Å².